The molecule has 0 aromatic heterocycles. The second-order valence-corrected chi connectivity index (χ2v) is 8.30. The molecule has 1 heterocycles. The molecule has 0 spiro atoms. The smallest absolute Gasteiger partial charge is 0.410 e. The van der Waals surface area contributed by atoms with Gasteiger partial charge in [0, 0.05) is 19.6 Å². The predicted octanol–water partition coefficient (Wildman–Crippen LogP) is 2.47. The SMILES string of the molecule is CC(C)(C)OC(=O)NC[C@@H]1CCN(C(=O)OC(C)(C)C)C[C@@H]1C(=O)O. The maximum absolute atomic E-state index is 12.1. The van der Waals surface area contributed by atoms with Crippen LogP contribution >= 0.6 is 0 Å². The Bertz CT molecular complexity index is 506. The van der Waals surface area contributed by atoms with Crippen LogP contribution in [0.3, 0.4) is 0 Å². The number of piperidine rings is 1. The number of alkyl carbamates (subject to hydrolysis) is 1. The van der Waals surface area contributed by atoms with Crippen LogP contribution in [-0.4, -0.2) is 59.0 Å². The van der Waals surface area contributed by atoms with Crippen LogP contribution in [0.5, 0.6) is 0 Å². The molecule has 0 aromatic carbocycles. The van der Waals surface area contributed by atoms with E-state index >= 15 is 0 Å². The van der Waals surface area contributed by atoms with Crippen LogP contribution in [0.15, 0.2) is 0 Å². The lowest BCUT2D eigenvalue weighted by atomic mass is 9.85. The molecule has 1 fully saturated rings. The average molecular weight is 358 g/mol. The van der Waals surface area contributed by atoms with E-state index in [0.717, 1.165) is 0 Å². The lowest BCUT2D eigenvalue weighted by molar-refractivity contribution is -0.145. The lowest BCUT2D eigenvalue weighted by Gasteiger charge is -2.37. The molecule has 2 amide bonds. The molecular formula is C17H30N2O6. The van der Waals surface area contributed by atoms with Gasteiger partial charge in [-0.1, -0.05) is 0 Å². The van der Waals surface area contributed by atoms with Crippen molar-refractivity contribution in [1.29, 1.82) is 0 Å². The summed E-state index contributed by atoms with van der Waals surface area (Å²) in [6.07, 6.45) is -0.630. The number of carbonyl (C=O) groups is 3. The number of amides is 2. The van der Waals surface area contributed by atoms with Gasteiger partial charge in [-0.3, -0.25) is 4.79 Å². The minimum absolute atomic E-state index is 0.0604. The second kappa shape index (κ2) is 7.93. The maximum atomic E-state index is 12.1. The molecule has 8 heteroatoms. The van der Waals surface area contributed by atoms with E-state index in [2.05, 4.69) is 5.32 Å². The Labute approximate surface area is 148 Å². The van der Waals surface area contributed by atoms with Crippen LogP contribution in [0.25, 0.3) is 0 Å². The quantitative estimate of drug-likeness (QED) is 0.803. The highest BCUT2D eigenvalue weighted by Crippen LogP contribution is 2.25. The van der Waals surface area contributed by atoms with Crippen LogP contribution < -0.4 is 5.32 Å². The van der Waals surface area contributed by atoms with Crippen molar-refractivity contribution in [2.24, 2.45) is 11.8 Å². The van der Waals surface area contributed by atoms with E-state index in [-0.39, 0.29) is 19.0 Å². The number of hydrogen-bond acceptors (Lipinski definition) is 5. The number of rotatable bonds is 3. The summed E-state index contributed by atoms with van der Waals surface area (Å²) in [7, 11) is 0. The van der Waals surface area contributed by atoms with Gasteiger partial charge in [-0.15, -0.1) is 0 Å². The number of likely N-dealkylation sites (tertiary alicyclic amines) is 1. The van der Waals surface area contributed by atoms with E-state index in [0.29, 0.717) is 13.0 Å². The molecule has 25 heavy (non-hydrogen) atoms. The van der Waals surface area contributed by atoms with E-state index in [9.17, 15) is 19.5 Å². The third kappa shape index (κ3) is 7.62. The normalized spacial score (nSPS) is 21.4. The molecule has 1 aliphatic rings. The fraction of sp³-hybridized carbons (Fsp3) is 0.824. The number of carboxylic acid groups (broad SMARTS) is 1. The van der Waals surface area contributed by atoms with E-state index < -0.39 is 35.3 Å². The first kappa shape index (κ1) is 21.1. The van der Waals surface area contributed by atoms with Gasteiger partial charge in [0.1, 0.15) is 11.2 Å². The standard InChI is InChI=1S/C17H30N2O6/c1-16(2,3)24-14(22)18-9-11-7-8-19(10-12(11)13(20)21)15(23)25-17(4,5)6/h11-12H,7-10H2,1-6H3,(H,18,22)(H,20,21)/t11-,12-/m0/s1. The Hall–Kier alpha value is -1.99. The molecule has 1 aliphatic heterocycles. The molecule has 0 bridgehead atoms. The fourth-order valence-corrected chi connectivity index (χ4v) is 2.55. The van der Waals surface area contributed by atoms with Crippen molar-refractivity contribution in [3.05, 3.63) is 0 Å². The molecule has 0 aromatic rings. The number of nitrogens with zero attached hydrogens (tertiary/aromatic N) is 1. The summed E-state index contributed by atoms with van der Waals surface area (Å²) in [6, 6.07) is 0. The topological polar surface area (TPSA) is 105 Å². The van der Waals surface area contributed by atoms with Crippen LogP contribution in [0.2, 0.25) is 0 Å². The van der Waals surface area contributed by atoms with Crippen LogP contribution in [0.4, 0.5) is 9.59 Å². The number of nitrogens with one attached hydrogen (secondary N) is 1. The van der Waals surface area contributed by atoms with Crippen molar-refractivity contribution < 1.29 is 29.0 Å². The monoisotopic (exact) mass is 358 g/mol. The highest BCUT2D eigenvalue weighted by Gasteiger charge is 2.37. The van der Waals surface area contributed by atoms with Gasteiger partial charge in [-0.25, -0.2) is 9.59 Å². The summed E-state index contributed by atoms with van der Waals surface area (Å²) in [5.41, 5.74) is -1.25. The van der Waals surface area contributed by atoms with Crippen LogP contribution in [0.1, 0.15) is 48.0 Å². The first-order valence-corrected chi connectivity index (χ1v) is 8.46. The zero-order chi connectivity index (χ0) is 19.4. The summed E-state index contributed by atoms with van der Waals surface area (Å²) in [5.74, 6) is -2.04. The lowest BCUT2D eigenvalue weighted by Crippen LogP contribution is -2.50. The summed E-state index contributed by atoms with van der Waals surface area (Å²) in [5, 5.41) is 12.1. The first-order chi connectivity index (χ1) is 11.3. The average Bonchev–Trinajstić information content (AvgIpc) is 2.41. The van der Waals surface area contributed by atoms with Crippen molar-refractivity contribution in [3.63, 3.8) is 0 Å². The molecule has 1 rings (SSSR count). The molecule has 0 aliphatic carbocycles. The number of carbonyl (C=O) groups excluding carboxylic acids is 2. The Morgan fingerprint density at radius 2 is 1.64 bits per heavy atom. The molecule has 144 valence electrons. The summed E-state index contributed by atoms with van der Waals surface area (Å²) in [6.45, 7) is 11.2. The third-order valence-corrected chi connectivity index (χ3v) is 3.63. The predicted molar refractivity (Wildman–Crippen MR) is 91.3 cm³/mol. The molecule has 0 unspecified atom stereocenters. The number of carboxylic acids is 1. The molecular weight excluding hydrogens is 328 g/mol. The van der Waals surface area contributed by atoms with Crippen LogP contribution in [-0.2, 0) is 14.3 Å². The van der Waals surface area contributed by atoms with Gasteiger partial charge < -0.3 is 24.8 Å². The van der Waals surface area contributed by atoms with Crippen molar-refractivity contribution in [2.75, 3.05) is 19.6 Å². The van der Waals surface area contributed by atoms with Crippen molar-refractivity contribution in [3.8, 4) is 0 Å². The Morgan fingerprint density at radius 3 is 2.12 bits per heavy atom. The molecule has 8 nitrogen and oxygen atoms in total. The number of hydrogen-bond donors (Lipinski definition) is 2. The Morgan fingerprint density at radius 1 is 1.08 bits per heavy atom. The summed E-state index contributed by atoms with van der Waals surface area (Å²) >= 11 is 0. The first-order valence-electron chi connectivity index (χ1n) is 8.46. The maximum Gasteiger partial charge on any atom is 0.410 e. The second-order valence-electron chi connectivity index (χ2n) is 8.30. The number of ether oxygens (including phenoxy) is 2. The van der Waals surface area contributed by atoms with Gasteiger partial charge >= 0.3 is 18.2 Å². The zero-order valence-corrected chi connectivity index (χ0v) is 15.9. The summed E-state index contributed by atoms with van der Waals surface area (Å²) < 4.78 is 10.5. The van der Waals surface area contributed by atoms with Gasteiger partial charge in [-0.2, -0.15) is 0 Å². The molecule has 0 saturated carbocycles. The van der Waals surface area contributed by atoms with Crippen LogP contribution in [0, 0.1) is 11.8 Å². The van der Waals surface area contributed by atoms with Gasteiger partial charge in [0.05, 0.1) is 5.92 Å². The fourth-order valence-electron chi connectivity index (χ4n) is 2.55. The Balaban J connectivity index is 2.62. The number of aliphatic carboxylic acids is 1. The molecule has 1 saturated heterocycles. The van der Waals surface area contributed by atoms with E-state index in [1.165, 1.54) is 4.90 Å². The minimum atomic E-state index is -0.996. The Kier molecular flexibility index (Phi) is 6.68. The highest BCUT2D eigenvalue weighted by atomic mass is 16.6. The van der Waals surface area contributed by atoms with Gasteiger partial charge in [0.15, 0.2) is 0 Å². The van der Waals surface area contributed by atoms with E-state index in [1.807, 2.05) is 0 Å². The van der Waals surface area contributed by atoms with Gasteiger partial charge in [0.25, 0.3) is 0 Å². The van der Waals surface area contributed by atoms with Gasteiger partial charge in [-0.05, 0) is 53.9 Å². The van der Waals surface area contributed by atoms with Crippen molar-refractivity contribution in [2.45, 2.75) is 59.2 Å². The molecule has 2 N–H and O–H groups in total. The third-order valence-electron chi connectivity index (χ3n) is 3.63. The molecule has 2 atom stereocenters. The van der Waals surface area contributed by atoms with E-state index in [4.69, 9.17) is 9.47 Å². The highest BCUT2D eigenvalue weighted by molar-refractivity contribution is 5.74. The summed E-state index contributed by atoms with van der Waals surface area (Å²) in [4.78, 5) is 36.9. The van der Waals surface area contributed by atoms with Crippen molar-refractivity contribution in [1.82, 2.24) is 10.2 Å². The minimum Gasteiger partial charge on any atom is -0.481 e. The molecule has 0 radical (unpaired) electrons. The van der Waals surface area contributed by atoms with Gasteiger partial charge in [0.2, 0.25) is 0 Å². The zero-order valence-electron chi connectivity index (χ0n) is 15.9. The largest absolute Gasteiger partial charge is 0.481 e. The van der Waals surface area contributed by atoms with Crippen molar-refractivity contribution >= 4 is 18.2 Å². The van der Waals surface area contributed by atoms with E-state index in [1.54, 1.807) is 41.5 Å².